The summed E-state index contributed by atoms with van der Waals surface area (Å²) in [5.41, 5.74) is 0.201. The van der Waals surface area contributed by atoms with Crippen LogP contribution in [0.4, 0.5) is 0 Å². The molecule has 2 heteroatoms. The van der Waals surface area contributed by atoms with Crippen LogP contribution in [-0.2, 0) is 9.47 Å². The van der Waals surface area contributed by atoms with Crippen LogP contribution in [0.1, 0.15) is 39.5 Å². The zero-order valence-electron chi connectivity index (χ0n) is 8.64. The van der Waals surface area contributed by atoms with E-state index in [-0.39, 0.29) is 11.2 Å². The van der Waals surface area contributed by atoms with Gasteiger partial charge >= 0.3 is 0 Å². The van der Waals surface area contributed by atoms with E-state index in [1.165, 1.54) is 0 Å². The van der Waals surface area contributed by atoms with Crippen molar-refractivity contribution in [1.29, 1.82) is 0 Å². The van der Waals surface area contributed by atoms with Crippen LogP contribution in [-0.4, -0.2) is 19.0 Å². The maximum Gasteiger partial charge on any atom is 0.168 e. The summed E-state index contributed by atoms with van der Waals surface area (Å²) in [6.45, 7) is 6.06. The number of hydrogen-bond donors (Lipinski definition) is 0. The molecule has 0 atom stereocenters. The Labute approximate surface area is 80.6 Å². The summed E-state index contributed by atoms with van der Waals surface area (Å²) in [7, 11) is 0. The summed E-state index contributed by atoms with van der Waals surface area (Å²) in [6, 6.07) is 0. The molecule has 1 heterocycles. The molecule has 0 aromatic carbocycles. The van der Waals surface area contributed by atoms with Crippen molar-refractivity contribution >= 4 is 0 Å². The molecule has 0 aromatic rings. The van der Waals surface area contributed by atoms with Gasteiger partial charge in [0, 0.05) is 18.3 Å². The highest BCUT2D eigenvalue weighted by Crippen LogP contribution is 2.38. The Morgan fingerprint density at radius 3 is 2.08 bits per heavy atom. The maximum absolute atomic E-state index is 5.88. The molecule has 0 N–H and O–H groups in total. The van der Waals surface area contributed by atoms with E-state index in [0.717, 1.165) is 38.9 Å². The largest absolute Gasteiger partial charge is 0.349 e. The molecule has 2 fully saturated rings. The second kappa shape index (κ2) is 3.25. The third-order valence-electron chi connectivity index (χ3n) is 2.91. The normalized spacial score (nSPS) is 31.8. The fourth-order valence-corrected chi connectivity index (χ4v) is 1.94. The minimum Gasteiger partial charge on any atom is -0.349 e. The van der Waals surface area contributed by atoms with Crippen LogP contribution < -0.4 is 0 Å². The van der Waals surface area contributed by atoms with Crippen LogP contribution in [0.15, 0.2) is 0 Å². The Kier molecular flexibility index (Phi) is 2.37. The van der Waals surface area contributed by atoms with Crippen molar-refractivity contribution < 1.29 is 9.47 Å². The van der Waals surface area contributed by atoms with Gasteiger partial charge in [0.05, 0.1) is 13.2 Å². The van der Waals surface area contributed by atoms with Crippen molar-refractivity contribution in [2.24, 2.45) is 5.41 Å². The monoisotopic (exact) mass is 183 g/mol. The van der Waals surface area contributed by atoms with Crippen LogP contribution in [0.25, 0.3) is 0 Å². The lowest BCUT2D eigenvalue weighted by atomic mass is 9.89. The number of hydrogen-bond acceptors (Lipinski definition) is 2. The molecule has 2 nitrogen and oxygen atoms in total. The fraction of sp³-hybridized carbons (Fsp3) is 0.909. The van der Waals surface area contributed by atoms with Gasteiger partial charge in [-0.25, -0.2) is 0 Å². The Hall–Kier alpha value is -0.0800. The van der Waals surface area contributed by atoms with Gasteiger partial charge in [0.25, 0.3) is 0 Å². The van der Waals surface area contributed by atoms with Crippen LogP contribution in [0.5, 0.6) is 0 Å². The molecule has 1 radical (unpaired) electrons. The Balaban J connectivity index is 1.95. The Morgan fingerprint density at radius 1 is 1.00 bits per heavy atom. The zero-order chi connectivity index (χ0) is 9.36. The molecule has 2 aliphatic rings. The first-order valence-electron chi connectivity index (χ1n) is 5.22. The fourth-order valence-electron chi connectivity index (χ4n) is 1.94. The molecule has 0 unspecified atom stereocenters. The second-order valence-electron chi connectivity index (χ2n) is 5.02. The minimum atomic E-state index is -0.218. The van der Waals surface area contributed by atoms with Crippen molar-refractivity contribution in [3.8, 4) is 0 Å². The highest BCUT2D eigenvalue weighted by Gasteiger charge is 2.41. The maximum atomic E-state index is 5.88. The summed E-state index contributed by atoms with van der Waals surface area (Å²) >= 11 is 0. The standard InChI is InChI=1S/C11H19O2/c1-10(2)8-12-11(13-9-10)6-4-3-5-7-11/h3H,4-9H2,1-2H3. The zero-order valence-corrected chi connectivity index (χ0v) is 8.64. The predicted octanol–water partition coefficient (Wildman–Crippen LogP) is 2.53. The topological polar surface area (TPSA) is 18.5 Å². The molecular weight excluding hydrogens is 164 g/mol. The molecule has 2 rings (SSSR count). The van der Waals surface area contributed by atoms with Gasteiger partial charge in [0.2, 0.25) is 0 Å². The van der Waals surface area contributed by atoms with E-state index in [2.05, 4.69) is 20.3 Å². The highest BCUT2D eigenvalue weighted by atomic mass is 16.7. The van der Waals surface area contributed by atoms with E-state index in [0.29, 0.717) is 0 Å². The predicted molar refractivity (Wildman–Crippen MR) is 51.2 cm³/mol. The van der Waals surface area contributed by atoms with Gasteiger partial charge in [-0.1, -0.05) is 13.8 Å². The van der Waals surface area contributed by atoms with E-state index in [4.69, 9.17) is 9.47 Å². The number of rotatable bonds is 0. The molecule has 1 saturated carbocycles. The highest BCUT2D eigenvalue weighted by molar-refractivity contribution is 4.87. The third kappa shape index (κ3) is 2.05. The molecule has 1 aliphatic heterocycles. The molecule has 13 heavy (non-hydrogen) atoms. The summed E-state index contributed by atoms with van der Waals surface area (Å²) < 4.78 is 11.8. The molecule has 75 valence electrons. The SMILES string of the molecule is CC1(C)COC2(CC[CH]CC2)OC1. The van der Waals surface area contributed by atoms with Crippen LogP contribution in [0.2, 0.25) is 0 Å². The molecule has 0 aromatic heterocycles. The third-order valence-corrected chi connectivity index (χ3v) is 2.91. The Morgan fingerprint density at radius 2 is 1.54 bits per heavy atom. The van der Waals surface area contributed by atoms with E-state index < -0.39 is 0 Å². The van der Waals surface area contributed by atoms with Gasteiger partial charge in [-0.15, -0.1) is 0 Å². The minimum absolute atomic E-state index is 0.201. The first-order valence-corrected chi connectivity index (χ1v) is 5.22. The lowest BCUT2D eigenvalue weighted by Crippen LogP contribution is -2.48. The van der Waals surface area contributed by atoms with Gasteiger partial charge in [-0.05, 0) is 19.3 Å². The average molecular weight is 183 g/mol. The summed E-state index contributed by atoms with van der Waals surface area (Å²) in [5, 5.41) is 0. The van der Waals surface area contributed by atoms with Gasteiger partial charge in [-0.3, -0.25) is 0 Å². The smallest absolute Gasteiger partial charge is 0.168 e. The van der Waals surface area contributed by atoms with Crippen LogP contribution in [0.3, 0.4) is 0 Å². The quantitative estimate of drug-likeness (QED) is 0.574. The van der Waals surface area contributed by atoms with Gasteiger partial charge in [-0.2, -0.15) is 0 Å². The van der Waals surface area contributed by atoms with Gasteiger partial charge in [0.1, 0.15) is 0 Å². The van der Waals surface area contributed by atoms with Gasteiger partial charge < -0.3 is 9.47 Å². The van der Waals surface area contributed by atoms with Gasteiger partial charge in [0.15, 0.2) is 5.79 Å². The molecule has 1 spiro atoms. The van der Waals surface area contributed by atoms with Crippen LogP contribution >= 0.6 is 0 Å². The van der Waals surface area contributed by atoms with E-state index in [9.17, 15) is 0 Å². The lowest BCUT2D eigenvalue weighted by molar-refractivity contribution is -0.307. The first-order chi connectivity index (χ1) is 6.12. The summed E-state index contributed by atoms with van der Waals surface area (Å²) in [4.78, 5) is 0. The lowest BCUT2D eigenvalue weighted by Gasteiger charge is -2.45. The molecule has 0 amide bonds. The molecule has 1 saturated heterocycles. The Bertz CT molecular complexity index is 169. The number of ether oxygens (including phenoxy) is 2. The van der Waals surface area contributed by atoms with E-state index in [1.54, 1.807) is 0 Å². The molecule has 1 aliphatic carbocycles. The molecule has 0 bridgehead atoms. The van der Waals surface area contributed by atoms with E-state index in [1.807, 2.05) is 0 Å². The second-order valence-corrected chi connectivity index (χ2v) is 5.02. The summed E-state index contributed by atoms with van der Waals surface area (Å²) in [5.74, 6) is -0.218. The van der Waals surface area contributed by atoms with Crippen molar-refractivity contribution in [2.75, 3.05) is 13.2 Å². The van der Waals surface area contributed by atoms with Crippen LogP contribution in [0, 0.1) is 11.8 Å². The summed E-state index contributed by atoms with van der Waals surface area (Å²) in [6.07, 6.45) is 6.70. The van der Waals surface area contributed by atoms with Crippen molar-refractivity contribution in [3.63, 3.8) is 0 Å². The first kappa shape index (κ1) is 9.47. The molecular formula is C11H19O2. The average Bonchev–Trinajstić information content (AvgIpc) is 2.13. The van der Waals surface area contributed by atoms with Crippen molar-refractivity contribution in [3.05, 3.63) is 6.42 Å². The van der Waals surface area contributed by atoms with Crippen molar-refractivity contribution in [2.45, 2.75) is 45.3 Å². The van der Waals surface area contributed by atoms with E-state index >= 15 is 0 Å². The van der Waals surface area contributed by atoms with Crippen molar-refractivity contribution in [1.82, 2.24) is 0 Å².